The summed E-state index contributed by atoms with van der Waals surface area (Å²) in [6, 6.07) is 6.91. The van der Waals surface area contributed by atoms with E-state index in [1.165, 1.54) is 5.01 Å². The Hall–Kier alpha value is -2.68. The number of carbonyl (C=O) groups is 2. The number of ether oxygens (including phenoxy) is 1. The highest BCUT2D eigenvalue weighted by atomic mass is 32.2. The molecule has 1 aromatic rings. The zero-order valence-electron chi connectivity index (χ0n) is 16.4. The van der Waals surface area contributed by atoms with Crippen molar-refractivity contribution in [3.8, 4) is 5.75 Å². The highest BCUT2D eigenvalue weighted by Crippen LogP contribution is 2.23. The molecule has 0 bridgehead atoms. The van der Waals surface area contributed by atoms with Crippen molar-refractivity contribution in [2.75, 3.05) is 25.2 Å². The van der Waals surface area contributed by atoms with Crippen molar-refractivity contribution in [2.24, 2.45) is 5.10 Å². The fourth-order valence-corrected chi connectivity index (χ4v) is 5.18. The minimum atomic E-state index is -3.16. The molecule has 156 valence electrons. The Morgan fingerprint density at radius 3 is 2.66 bits per heavy atom. The van der Waals surface area contributed by atoms with Crippen LogP contribution >= 0.6 is 0 Å². The van der Waals surface area contributed by atoms with Crippen LogP contribution in [0.4, 0.5) is 0 Å². The van der Waals surface area contributed by atoms with Crippen LogP contribution in [0.5, 0.6) is 5.75 Å². The van der Waals surface area contributed by atoms with E-state index in [1.54, 1.807) is 18.1 Å². The summed E-state index contributed by atoms with van der Waals surface area (Å²) in [5.41, 5.74) is 1.19. The Labute approximate surface area is 170 Å². The lowest BCUT2D eigenvalue weighted by Gasteiger charge is -2.29. The Bertz CT molecular complexity index is 924. The summed E-state index contributed by atoms with van der Waals surface area (Å²) in [5.74, 6) is 0.146. The molecular formula is C20H25N3O5S. The third kappa shape index (κ3) is 5.03. The highest BCUT2D eigenvalue weighted by molar-refractivity contribution is 7.91. The topological polar surface area (TPSA) is 96.3 Å². The molecule has 0 saturated carbocycles. The summed E-state index contributed by atoms with van der Waals surface area (Å²) < 4.78 is 28.7. The number of rotatable bonds is 7. The maximum absolute atomic E-state index is 13.1. The van der Waals surface area contributed by atoms with Gasteiger partial charge in [-0.2, -0.15) is 5.10 Å². The first kappa shape index (κ1) is 21.0. The smallest absolute Gasteiger partial charge is 0.270 e. The highest BCUT2D eigenvalue weighted by Gasteiger charge is 2.37. The predicted octanol–water partition coefficient (Wildman–Crippen LogP) is 1.38. The van der Waals surface area contributed by atoms with Gasteiger partial charge in [-0.1, -0.05) is 18.2 Å². The molecule has 1 atom stereocenters. The number of hydrogen-bond donors (Lipinski definition) is 0. The van der Waals surface area contributed by atoms with Crippen LogP contribution in [0.3, 0.4) is 0 Å². The van der Waals surface area contributed by atoms with E-state index in [1.807, 2.05) is 24.3 Å². The van der Waals surface area contributed by atoms with Crippen LogP contribution in [-0.4, -0.2) is 67.1 Å². The van der Waals surface area contributed by atoms with E-state index in [0.717, 1.165) is 11.3 Å². The minimum absolute atomic E-state index is 0.0420. The summed E-state index contributed by atoms with van der Waals surface area (Å²) in [6.45, 7) is 4.41. The van der Waals surface area contributed by atoms with Gasteiger partial charge in [0, 0.05) is 25.9 Å². The second kappa shape index (κ2) is 8.77. The molecular weight excluding hydrogens is 394 g/mol. The fourth-order valence-electron chi connectivity index (χ4n) is 3.49. The normalized spacial score (nSPS) is 20.9. The molecule has 2 aliphatic heterocycles. The molecule has 0 unspecified atom stereocenters. The number of hydrogen-bond acceptors (Lipinski definition) is 6. The summed E-state index contributed by atoms with van der Waals surface area (Å²) >= 11 is 0. The SMILES string of the molecule is C=CCN(Cc1ccc(OC)cc1)C(=O)C1=NN([C@@H]2CCS(=O)(=O)C2)C(=O)CC1. The van der Waals surface area contributed by atoms with Crippen molar-refractivity contribution in [1.82, 2.24) is 9.91 Å². The molecule has 2 aliphatic rings. The number of methoxy groups -OCH3 is 1. The molecule has 1 saturated heterocycles. The Morgan fingerprint density at radius 2 is 2.07 bits per heavy atom. The lowest BCUT2D eigenvalue weighted by Crippen LogP contribution is -2.45. The van der Waals surface area contributed by atoms with Crippen LogP contribution in [0, 0.1) is 0 Å². The molecule has 0 aliphatic carbocycles. The number of hydrazone groups is 1. The second-order valence-electron chi connectivity index (χ2n) is 7.16. The average Bonchev–Trinajstić information content (AvgIpc) is 3.07. The monoisotopic (exact) mass is 419 g/mol. The number of sulfone groups is 1. The van der Waals surface area contributed by atoms with Gasteiger partial charge in [0.05, 0.1) is 24.7 Å². The van der Waals surface area contributed by atoms with Crippen LogP contribution in [-0.2, 0) is 26.0 Å². The third-order valence-corrected chi connectivity index (χ3v) is 6.78. The van der Waals surface area contributed by atoms with Gasteiger partial charge in [-0.25, -0.2) is 13.4 Å². The van der Waals surface area contributed by atoms with Crippen molar-refractivity contribution >= 4 is 27.4 Å². The van der Waals surface area contributed by atoms with E-state index in [4.69, 9.17) is 4.74 Å². The standard InChI is InChI=1S/C20H25N3O5S/c1-3-11-22(13-15-4-6-17(28-2)7-5-15)20(25)18-8-9-19(24)23(21-18)16-10-12-29(26,27)14-16/h3-7,16H,1,8-14H2,2H3/t16-/m1/s1. The van der Waals surface area contributed by atoms with Gasteiger partial charge < -0.3 is 9.64 Å². The quantitative estimate of drug-likeness (QED) is 0.622. The van der Waals surface area contributed by atoms with Gasteiger partial charge in [0.25, 0.3) is 5.91 Å². The molecule has 1 fully saturated rings. The maximum Gasteiger partial charge on any atom is 0.270 e. The maximum atomic E-state index is 13.1. The number of nitrogens with zero attached hydrogens (tertiary/aromatic N) is 3. The Kier molecular flexibility index (Phi) is 6.36. The lowest BCUT2D eigenvalue weighted by atomic mass is 10.1. The van der Waals surface area contributed by atoms with Gasteiger partial charge in [0.15, 0.2) is 9.84 Å². The van der Waals surface area contributed by atoms with E-state index in [0.29, 0.717) is 19.5 Å². The largest absolute Gasteiger partial charge is 0.497 e. The first-order valence-electron chi connectivity index (χ1n) is 9.46. The molecule has 0 N–H and O–H groups in total. The molecule has 2 heterocycles. The molecule has 1 aromatic carbocycles. The van der Waals surface area contributed by atoms with Crippen molar-refractivity contribution < 1.29 is 22.7 Å². The molecule has 29 heavy (non-hydrogen) atoms. The number of carbonyl (C=O) groups excluding carboxylic acids is 2. The molecule has 2 amide bonds. The summed E-state index contributed by atoms with van der Waals surface area (Å²) in [5, 5.41) is 5.48. The van der Waals surface area contributed by atoms with Crippen LogP contribution in [0.2, 0.25) is 0 Å². The third-order valence-electron chi connectivity index (χ3n) is 5.03. The van der Waals surface area contributed by atoms with Gasteiger partial charge in [0.2, 0.25) is 5.91 Å². The van der Waals surface area contributed by atoms with Gasteiger partial charge >= 0.3 is 0 Å². The van der Waals surface area contributed by atoms with Crippen LogP contribution in [0.25, 0.3) is 0 Å². The van der Waals surface area contributed by atoms with Gasteiger partial charge in [-0.3, -0.25) is 9.59 Å². The summed E-state index contributed by atoms with van der Waals surface area (Å²) in [4.78, 5) is 27.0. The zero-order valence-corrected chi connectivity index (χ0v) is 17.2. The minimum Gasteiger partial charge on any atom is -0.497 e. The average molecular weight is 420 g/mol. The number of benzene rings is 1. The van der Waals surface area contributed by atoms with E-state index in [2.05, 4.69) is 11.7 Å². The van der Waals surface area contributed by atoms with Crippen molar-refractivity contribution in [1.29, 1.82) is 0 Å². The summed E-state index contributed by atoms with van der Waals surface area (Å²) in [6.07, 6.45) is 2.37. The Morgan fingerprint density at radius 1 is 1.34 bits per heavy atom. The van der Waals surface area contributed by atoms with E-state index >= 15 is 0 Å². The fraction of sp³-hybridized carbons (Fsp3) is 0.450. The predicted molar refractivity (Wildman–Crippen MR) is 109 cm³/mol. The van der Waals surface area contributed by atoms with Crippen molar-refractivity contribution in [2.45, 2.75) is 31.8 Å². The number of amides is 2. The molecule has 9 heteroatoms. The van der Waals surface area contributed by atoms with Crippen molar-refractivity contribution in [3.63, 3.8) is 0 Å². The second-order valence-corrected chi connectivity index (χ2v) is 9.39. The molecule has 8 nitrogen and oxygen atoms in total. The van der Waals surface area contributed by atoms with E-state index < -0.39 is 15.9 Å². The van der Waals surface area contributed by atoms with Crippen LogP contribution in [0.1, 0.15) is 24.8 Å². The Balaban J connectivity index is 1.78. The molecule has 0 spiro atoms. The lowest BCUT2D eigenvalue weighted by molar-refractivity contribution is -0.134. The summed E-state index contributed by atoms with van der Waals surface area (Å²) in [7, 11) is -1.57. The first-order chi connectivity index (χ1) is 13.8. The van der Waals surface area contributed by atoms with Gasteiger partial charge in [-0.05, 0) is 24.1 Å². The molecule has 3 rings (SSSR count). The van der Waals surface area contributed by atoms with Crippen LogP contribution in [0.15, 0.2) is 42.0 Å². The molecule has 0 aromatic heterocycles. The van der Waals surface area contributed by atoms with E-state index in [-0.39, 0.29) is 41.9 Å². The van der Waals surface area contributed by atoms with Crippen molar-refractivity contribution in [3.05, 3.63) is 42.5 Å². The van der Waals surface area contributed by atoms with Gasteiger partial charge in [-0.15, -0.1) is 6.58 Å². The van der Waals surface area contributed by atoms with Gasteiger partial charge in [0.1, 0.15) is 11.5 Å². The van der Waals surface area contributed by atoms with E-state index in [9.17, 15) is 18.0 Å². The first-order valence-corrected chi connectivity index (χ1v) is 11.3. The zero-order chi connectivity index (χ0) is 21.0. The van der Waals surface area contributed by atoms with Crippen LogP contribution < -0.4 is 4.74 Å². The molecule has 0 radical (unpaired) electrons.